The Kier molecular flexibility index (Phi) is 2.66. The van der Waals surface area contributed by atoms with E-state index in [1.54, 1.807) is 13.2 Å². The quantitative estimate of drug-likeness (QED) is 0.801. The topological polar surface area (TPSA) is 62.3 Å². The predicted molar refractivity (Wildman–Crippen MR) is 61.8 cm³/mol. The summed E-state index contributed by atoms with van der Waals surface area (Å²) in [5.41, 5.74) is 1.79. The molecule has 0 fully saturated rings. The van der Waals surface area contributed by atoms with Gasteiger partial charge in [0.05, 0.1) is 19.2 Å². The Morgan fingerprint density at radius 3 is 2.81 bits per heavy atom. The van der Waals surface area contributed by atoms with Crippen LogP contribution >= 0.6 is 0 Å². The third kappa shape index (κ3) is 1.57. The Morgan fingerprint density at radius 2 is 2.19 bits per heavy atom. The predicted octanol–water partition coefficient (Wildman–Crippen LogP) is 1.34. The van der Waals surface area contributed by atoms with E-state index in [-0.39, 0.29) is 12.2 Å². The molecule has 0 aliphatic rings. The number of ether oxygens (including phenoxy) is 1. The molecule has 0 aliphatic carbocycles. The highest BCUT2D eigenvalue weighted by atomic mass is 16.5. The van der Waals surface area contributed by atoms with Crippen LogP contribution in [0.2, 0.25) is 0 Å². The van der Waals surface area contributed by atoms with Crippen molar-refractivity contribution in [3.63, 3.8) is 0 Å². The maximum atomic E-state index is 11.6. The van der Waals surface area contributed by atoms with E-state index in [1.165, 1.54) is 0 Å². The van der Waals surface area contributed by atoms with E-state index in [0.29, 0.717) is 16.8 Å². The Balaban J connectivity index is 2.88. The van der Waals surface area contributed by atoms with E-state index in [9.17, 15) is 4.79 Å². The summed E-state index contributed by atoms with van der Waals surface area (Å²) in [6.07, 6.45) is 0. The van der Waals surface area contributed by atoms with Gasteiger partial charge in [0.25, 0.3) is 5.56 Å². The molecule has 4 heteroatoms. The van der Waals surface area contributed by atoms with Crippen LogP contribution in [0.15, 0.2) is 23.0 Å². The van der Waals surface area contributed by atoms with Gasteiger partial charge in [0, 0.05) is 10.9 Å². The lowest BCUT2D eigenvalue weighted by molar-refractivity contribution is 0.280. The fraction of sp³-hybridized carbons (Fsp3) is 0.250. The molecular formula is C12H13NO3. The highest BCUT2D eigenvalue weighted by molar-refractivity contribution is 5.87. The van der Waals surface area contributed by atoms with Crippen LogP contribution in [0.3, 0.4) is 0 Å². The summed E-state index contributed by atoms with van der Waals surface area (Å²) in [7, 11) is 1.56. The summed E-state index contributed by atoms with van der Waals surface area (Å²) < 4.78 is 5.18. The Hall–Kier alpha value is -1.81. The molecular weight excluding hydrogens is 206 g/mol. The number of H-pyrrole nitrogens is 1. The van der Waals surface area contributed by atoms with E-state index in [1.807, 2.05) is 19.1 Å². The molecule has 0 amide bonds. The van der Waals surface area contributed by atoms with Crippen molar-refractivity contribution in [2.24, 2.45) is 0 Å². The summed E-state index contributed by atoms with van der Waals surface area (Å²) in [5.74, 6) is 0.627. The van der Waals surface area contributed by atoms with Crippen LogP contribution < -0.4 is 10.3 Å². The normalized spacial score (nSPS) is 10.7. The van der Waals surface area contributed by atoms with Crippen molar-refractivity contribution in [3.05, 3.63) is 39.7 Å². The molecule has 0 aliphatic heterocycles. The van der Waals surface area contributed by atoms with Crippen LogP contribution in [0.25, 0.3) is 10.9 Å². The van der Waals surface area contributed by atoms with Crippen molar-refractivity contribution < 1.29 is 9.84 Å². The number of methoxy groups -OCH3 is 1. The van der Waals surface area contributed by atoms with Gasteiger partial charge in [-0.05, 0) is 24.6 Å². The molecule has 0 spiro atoms. The number of aromatic amines is 1. The third-order valence-corrected chi connectivity index (χ3v) is 2.66. The van der Waals surface area contributed by atoms with Gasteiger partial charge in [0.15, 0.2) is 0 Å². The number of aliphatic hydroxyl groups excluding tert-OH is 1. The van der Waals surface area contributed by atoms with Gasteiger partial charge in [-0.15, -0.1) is 0 Å². The van der Waals surface area contributed by atoms with Crippen molar-refractivity contribution >= 4 is 10.9 Å². The summed E-state index contributed by atoms with van der Waals surface area (Å²) in [5, 5.41) is 9.94. The number of rotatable bonds is 2. The molecule has 0 saturated heterocycles. The number of aliphatic hydroxyl groups is 1. The lowest BCUT2D eigenvalue weighted by atomic mass is 10.1. The van der Waals surface area contributed by atoms with Gasteiger partial charge in [-0.1, -0.05) is 6.07 Å². The zero-order valence-corrected chi connectivity index (χ0v) is 9.20. The minimum atomic E-state index is -0.279. The molecule has 2 N–H and O–H groups in total. The van der Waals surface area contributed by atoms with Crippen LogP contribution in [0.5, 0.6) is 5.75 Å². The van der Waals surface area contributed by atoms with Gasteiger partial charge in [0.2, 0.25) is 0 Å². The number of nitrogens with one attached hydrogen (secondary N) is 1. The highest BCUT2D eigenvalue weighted by Crippen LogP contribution is 2.25. The van der Waals surface area contributed by atoms with Crippen LogP contribution in [-0.2, 0) is 6.61 Å². The fourth-order valence-electron chi connectivity index (χ4n) is 1.74. The SMILES string of the molecule is COc1ccc(C)c2cc(CO)c(=O)[nH]c12. The largest absolute Gasteiger partial charge is 0.495 e. The Bertz CT molecular complexity index is 587. The number of benzene rings is 1. The minimum absolute atomic E-state index is 0.262. The van der Waals surface area contributed by atoms with Crippen LogP contribution in [0.1, 0.15) is 11.1 Å². The molecule has 2 aromatic rings. The van der Waals surface area contributed by atoms with E-state index in [0.717, 1.165) is 10.9 Å². The molecule has 1 aromatic carbocycles. The standard InChI is InChI=1S/C12H13NO3/c1-7-3-4-10(16-2)11-9(7)5-8(6-14)12(15)13-11/h3-5,14H,6H2,1-2H3,(H,13,15). The molecule has 0 atom stereocenters. The maximum Gasteiger partial charge on any atom is 0.254 e. The lowest BCUT2D eigenvalue weighted by Gasteiger charge is -2.08. The first-order valence-electron chi connectivity index (χ1n) is 4.97. The second kappa shape index (κ2) is 3.98. The maximum absolute atomic E-state index is 11.6. The number of pyridine rings is 1. The molecule has 1 aromatic heterocycles. The monoisotopic (exact) mass is 219 g/mol. The zero-order chi connectivity index (χ0) is 11.7. The smallest absolute Gasteiger partial charge is 0.254 e. The van der Waals surface area contributed by atoms with Crippen molar-refractivity contribution in [1.82, 2.24) is 4.98 Å². The van der Waals surface area contributed by atoms with Crippen molar-refractivity contribution in [1.29, 1.82) is 0 Å². The first-order chi connectivity index (χ1) is 7.67. The van der Waals surface area contributed by atoms with Gasteiger partial charge in [0.1, 0.15) is 5.75 Å². The first-order valence-corrected chi connectivity index (χ1v) is 4.97. The number of hydrogen-bond donors (Lipinski definition) is 2. The van der Waals surface area contributed by atoms with E-state index in [2.05, 4.69) is 4.98 Å². The van der Waals surface area contributed by atoms with Crippen molar-refractivity contribution in [2.45, 2.75) is 13.5 Å². The summed E-state index contributed by atoms with van der Waals surface area (Å²) in [6, 6.07) is 5.43. The van der Waals surface area contributed by atoms with Crippen LogP contribution in [0.4, 0.5) is 0 Å². The molecule has 84 valence electrons. The van der Waals surface area contributed by atoms with Crippen LogP contribution in [0, 0.1) is 6.92 Å². The van der Waals surface area contributed by atoms with E-state index in [4.69, 9.17) is 9.84 Å². The molecule has 4 nitrogen and oxygen atoms in total. The Labute approximate surface area is 92.5 Å². The average Bonchev–Trinajstić information content (AvgIpc) is 2.29. The second-order valence-electron chi connectivity index (χ2n) is 3.66. The van der Waals surface area contributed by atoms with Gasteiger partial charge < -0.3 is 14.8 Å². The minimum Gasteiger partial charge on any atom is -0.495 e. The summed E-state index contributed by atoms with van der Waals surface area (Å²) >= 11 is 0. The van der Waals surface area contributed by atoms with Gasteiger partial charge in [-0.3, -0.25) is 4.79 Å². The second-order valence-corrected chi connectivity index (χ2v) is 3.66. The van der Waals surface area contributed by atoms with E-state index < -0.39 is 0 Å². The fourth-order valence-corrected chi connectivity index (χ4v) is 1.74. The van der Waals surface area contributed by atoms with Crippen molar-refractivity contribution in [2.75, 3.05) is 7.11 Å². The Morgan fingerprint density at radius 1 is 1.44 bits per heavy atom. The highest BCUT2D eigenvalue weighted by Gasteiger charge is 2.08. The van der Waals surface area contributed by atoms with Crippen molar-refractivity contribution in [3.8, 4) is 5.75 Å². The molecule has 0 bridgehead atoms. The zero-order valence-electron chi connectivity index (χ0n) is 9.20. The van der Waals surface area contributed by atoms with Crippen LogP contribution in [-0.4, -0.2) is 17.2 Å². The molecule has 0 unspecified atom stereocenters. The van der Waals surface area contributed by atoms with Gasteiger partial charge >= 0.3 is 0 Å². The molecule has 2 rings (SSSR count). The number of fused-ring (bicyclic) bond motifs is 1. The first kappa shape index (κ1) is 10.7. The summed E-state index contributed by atoms with van der Waals surface area (Å²) in [6.45, 7) is 1.68. The summed E-state index contributed by atoms with van der Waals surface area (Å²) in [4.78, 5) is 14.3. The number of hydrogen-bond acceptors (Lipinski definition) is 3. The van der Waals surface area contributed by atoms with E-state index >= 15 is 0 Å². The number of aromatic nitrogens is 1. The molecule has 0 radical (unpaired) electrons. The average molecular weight is 219 g/mol. The third-order valence-electron chi connectivity index (χ3n) is 2.66. The molecule has 1 heterocycles. The molecule has 0 saturated carbocycles. The molecule has 16 heavy (non-hydrogen) atoms. The lowest BCUT2D eigenvalue weighted by Crippen LogP contribution is -2.12. The van der Waals surface area contributed by atoms with Gasteiger partial charge in [-0.25, -0.2) is 0 Å². The van der Waals surface area contributed by atoms with Gasteiger partial charge in [-0.2, -0.15) is 0 Å². The number of aryl methyl sites for hydroxylation is 1.